The van der Waals surface area contributed by atoms with Crippen LogP contribution in [0.15, 0.2) is 109 Å². The van der Waals surface area contributed by atoms with Crippen molar-refractivity contribution in [3.8, 4) is 16.8 Å². The third kappa shape index (κ3) is 2.72. The highest BCUT2D eigenvalue weighted by atomic mass is 19.1. The molecule has 7 rings (SSSR count). The molecule has 5 aromatic carbocycles. The molecular formula is C30H19FN2. The summed E-state index contributed by atoms with van der Waals surface area (Å²) in [6.07, 6.45) is 0. The second kappa shape index (κ2) is 6.81. The van der Waals surface area contributed by atoms with Gasteiger partial charge in [-0.2, -0.15) is 0 Å². The Morgan fingerprint density at radius 3 is 2.00 bits per heavy atom. The maximum Gasteiger partial charge on any atom is 0.123 e. The molecule has 2 heterocycles. The van der Waals surface area contributed by atoms with Crippen LogP contribution in [0.2, 0.25) is 0 Å². The van der Waals surface area contributed by atoms with E-state index in [4.69, 9.17) is 0 Å². The molecule has 3 heteroatoms. The van der Waals surface area contributed by atoms with Gasteiger partial charge in [0, 0.05) is 38.3 Å². The number of rotatable bonds is 2. The Morgan fingerprint density at radius 2 is 1.15 bits per heavy atom. The molecule has 1 N–H and O–H groups in total. The lowest BCUT2D eigenvalue weighted by Crippen LogP contribution is -1.92. The van der Waals surface area contributed by atoms with Crippen molar-refractivity contribution >= 4 is 43.6 Å². The fraction of sp³-hybridized carbons (Fsp3) is 0. The maximum atomic E-state index is 13.9. The summed E-state index contributed by atoms with van der Waals surface area (Å²) in [5, 5.41) is 4.40. The quantitative estimate of drug-likeness (QED) is 0.287. The molecular weight excluding hydrogens is 407 g/mol. The molecule has 0 fully saturated rings. The molecule has 0 spiro atoms. The number of benzene rings is 5. The van der Waals surface area contributed by atoms with E-state index in [9.17, 15) is 4.39 Å². The Kier molecular flexibility index (Phi) is 3.76. The molecule has 0 unspecified atom stereocenters. The van der Waals surface area contributed by atoms with Gasteiger partial charge in [-0.3, -0.25) is 0 Å². The zero-order valence-electron chi connectivity index (χ0n) is 17.7. The van der Waals surface area contributed by atoms with Crippen molar-refractivity contribution in [2.45, 2.75) is 0 Å². The van der Waals surface area contributed by atoms with Crippen LogP contribution in [0.1, 0.15) is 0 Å². The molecule has 2 aromatic heterocycles. The predicted molar refractivity (Wildman–Crippen MR) is 136 cm³/mol. The number of para-hydroxylation sites is 2. The number of nitrogens with zero attached hydrogens (tertiary/aromatic N) is 1. The first kappa shape index (κ1) is 18.2. The van der Waals surface area contributed by atoms with E-state index in [1.807, 2.05) is 6.07 Å². The molecule has 0 saturated carbocycles. The largest absolute Gasteiger partial charge is 0.355 e. The van der Waals surface area contributed by atoms with Gasteiger partial charge in [-0.25, -0.2) is 4.39 Å². The number of H-pyrrole nitrogens is 1. The van der Waals surface area contributed by atoms with Gasteiger partial charge in [-0.15, -0.1) is 0 Å². The summed E-state index contributed by atoms with van der Waals surface area (Å²) in [4.78, 5) is 3.39. The Bertz CT molecular complexity index is 1820. The average molecular weight is 426 g/mol. The van der Waals surface area contributed by atoms with Gasteiger partial charge in [0.25, 0.3) is 0 Å². The van der Waals surface area contributed by atoms with E-state index in [1.54, 1.807) is 12.1 Å². The SMILES string of the molecule is Fc1ccc2[nH]c3ccc(-c4ccc5c(c4)c4ccccc4n5-c4ccccc4)cc3c2c1. The first-order valence-electron chi connectivity index (χ1n) is 11.1. The van der Waals surface area contributed by atoms with Crippen LogP contribution in [0.5, 0.6) is 0 Å². The highest BCUT2D eigenvalue weighted by Crippen LogP contribution is 2.36. The normalized spacial score (nSPS) is 11.8. The highest BCUT2D eigenvalue weighted by molar-refractivity contribution is 6.11. The van der Waals surface area contributed by atoms with E-state index >= 15 is 0 Å². The van der Waals surface area contributed by atoms with Gasteiger partial charge in [0.15, 0.2) is 0 Å². The van der Waals surface area contributed by atoms with E-state index in [1.165, 1.54) is 27.9 Å². The molecule has 33 heavy (non-hydrogen) atoms. The van der Waals surface area contributed by atoms with Gasteiger partial charge in [0.1, 0.15) is 5.82 Å². The van der Waals surface area contributed by atoms with E-state index in [0.717, 1.165) is 38.6 Å². The van der Waals surface area contributed by atoms with Crippen molar-refractivity contribution in [3.63, 3.8) is 0 Å². The van der Waals surface area contributed by atoms with E-state index in [0.29, 0.717) is 0 Å². The van der Waals surface area contributed by atoms with Crippen molar-refractivity contribution < 1.29 is 4.39 Å². The highest BCUT2D eigenvalue weighted by Gasteiger charge is 2.13. The summed E-state index contributed by atoms with van der Waals surface area (Å²) in [7, 11) is 0. The van der Waals surface area contributed by atoms with Crippen molar-refractivity contribution in [3.05, 3.63) is 115 Å². The van der Waals surface area contributed by atoms with Gasteiger partial charge in [0.05, 0.1) is 11.0 Å². The molecule has 7 aromatic rings. The topological polar surface area (TPSA) is 20.7 Å². The zero-order valence-corrected chi connectivity index (χ0v) is 17.7. The smallest absolute Gasteiger partial charge is 0.123 e. The number of hydrogen-bond donors (Lipinski definition) is 1. The summed E-state index contributed by atoms with van der Waals surface area (Å²) in [5.41, 5.74) is 7.75. The molecule has 0 aliphatic carbocycles. The third-order valence-corrected chi connectivity index (χ3v) is 6.58. The van der Waals surface area contributed by atoms with Gasteiger partial charge in [0.2, 0.25) is 0 Å². The first-order chi connectivity index (χ1) is 16.3. The van der Waals surface area contributed by atoms with Crippen LogP contribution in [0.3, 0.4) is 0 Å². The average Bonchev–Trinajstić information content (AvgIpc) is 3.39. The minimum Gasteiger partial charge on any atom is -0.355 e. The molecule has 156 valence electrons. The third-order valence-electron chi connectivity index (χ3n) is 6.58. The molecule has 0 aliphatic rings. The molecule has 0 aliphatic heterocycles. The van der Waals surface area contributed by atoms with Gasteiger partial charge in [-0.1, -0.05) is 48.5 Å². The number of halogens is 1. The predicted octanol–water partition coefficient (Wildman–Crippen LogP) is 8.22. The van der Waals surface area contributed by atoms with Crippen LogP contribution in [0, 0.1) is 5.82 Å². The Morgan fingerprint density at radius 1 is 0.515 bits per heavy atom. The van der Waals surface area contributed by atoms with Crippen LogP contribution >= 0.6 is 0 Å². The second-order valence-electron chi connectivity index (χ2n) is 8.50. The van der Waals surface area contributed by atoms with Crippen LogP contribution in [-0.4, -0.2) is 9.55 Å². The lowest BCUT2D eigenvalue weighted by Gasteiger charge is -2.08. The summed E-state index contributed by atoms with van der Waals surface area (Å²) >= 11 is 0. The lowest BCUT2D eigenvalue weighted by atomic mass is 10.0. The maximum absolute atomic E-state index is 13.9. The number of aromatic nitrogens is 2. The summed E-state index contributed by atoms with van der Waals surface area (Å²) in [6, 6.07) is 36.9. The summed E-state index contributed by atoms with van der Waals surface area (Å²) in [5.74, 6) is -0.219. The molecule has 0 saturated heterocycles. The summed E-state index contributed by atoms with van der Waals surface area (Å²) in [6.45, 7) is 0. The zero-order chi connectivity index (χ0) is 21.9. The van der Waals surface area contributed by atoms with Crippen LogP contribution in [0.4, 0.5) is 4.39 Å². The molecule has 0 radical (unpaired) electrons. The second-order valence-corrected chi connectivity index (χ2v) is 8.50. The van der Waals surface area contributed by atoms with Crippen LogP contribution in [0.25, 0.3) is 60.4 Å². The van der Waals surface area contributed by atoms with E-state index in [2.05, 4.69) is 94.5 Å². The number of aromatic amines is 1. The van der Waals surface area contributed by atoms with Crippen molar-refractivity contribution in [2.24, 2.45) is 0 Å². The van der Waals surface area contributed by atoms with Crippen molar-refractivity contribution in [1.82, 2.24) is 9.55 Å². The molecule has 2 nitrogen and oxygen atoms in total. The number of hydrogen-bond acceptors (Lipinski definition) is 0. The number of fused-ring (bicyclic) bond motifs is 6. The Hall–Kier alpha value is -4.37. The van der Waals surface area contributed by atoms with Gasteiger partial charge >= 0.3 is 0 Å². The van der Waals surface area contributed by atoms with E-state index in [-0.39, 0.29) is 5.82 Å². The number of nitrogens with one attached hydrogen (secondary N) is 1. The van der Waals surface area contributed by atoms with Crippen LogP contribution < -0.4 is 0 Å². The molecule has 0 atom stereocenters. The monoisotopic (exact) mass is 426 g/mol. The standard InChI is InChI=1S/C30H19FN2/c31-21-12-14-28-25(18-21)24-16-19(10-13-27(24)32-28)20-11-15-30-26(17-20)23-8-4-5-9-29(23)33(30)22-6-2-1-3-7-22/h1-18,32H. The van der Waals surface area contributed by atoms with E-state index < -0.39 is 0 Å². The Labute approximate surface area is 189 Å². The van der Waals surface area contributed by atoms with Gasteiger partial charge < -0.3 is 9.55 Å². The van der Waals surface area contributed by atoms with Crippen LogP contribution in [-0.2, 0) is 0 Å². The minimum atomic E-state index is -0.219. The van der Waals surface area contributed by atoms with Crippen molar-refractivity contribution in [1.29, 1.82) is 0 Å². The fourth-order valence-corrected chi connectivity index (χ4v) is 5.06. The fourth-order valence-electron chi connectivity index (χ4n) is 5.06. The Balaban J connectivity index is 1.48. The van der Waals surface area contributed by atoms with Gasteiger partial charge in [-0.05, 0) is 71.8 Å². The molecule has 0 bridgehead atoms. The lowest BCUT2D eigenvalue weighted by molar-refractivity contribution is 0.630. The molecule has 0 amide bonds. The van der Waals surface area contributed by atoms with Crippen molar-refractivity contribution in [2.75, 3.05) is 0 Å². The first-order valence-corrected chi connectivity index (χ1v) is 11.1. The summed E-state index contributed by atoms with van der Waals surface area (Å²) < 4.78 is 16.2. The minimum absolute atomic E-state index is 0.219.